The van der Waals surface area contributed by atoms with Gasteiger partial charge in [-0.3, -0.25) is 0 Å². The van der Waals surface area contributed by atoms with Crippen molar-refractivity contribution in [2.75, 3.05) is 24.7 Å². The number of nitrogens with zero attached hydrogens (tertiary/aromatic N) is 3. The fourth-order valence-corrected chi connectivity index (χ4v) is 7.28. The van der Waals surface area contributed by atoms with E-state index in [1.54, 1.807) is 11.3 Å². The lowest BCUT2D eigenvalue weighted by molar-refractivity contribution is 0.175. The molecule has 0 bridgehead atoms. The van der Waals surface area contributed by atoms with Crippen molar-refractivity contribution < 1.29 is 14.2 Å². The Labute approximate surface area is 283 Å². The molecule has 0 spiro atoms. The standard InChI is InChI=1S/C40H45N3O3S/c1-6-7-8-9-10-11-20-44-34-17-19-36(29(4)24-34)43(35-18-12-27(2)23-28(35)3)33-15-13-31(14-16-33)39-37-38(46-22-21-45-37)40(47-39)32-25-41-30(5)42-26-32/h12-19,23-26H,6-11,20-22H2,1-5H3. The first-order valence-electron chi connectivity index (χ1n) is 16.9. The Morgan fingerprint density at radius 3 is 1.98 bits per heavy atom. The maximum Gasteiger partial charge on any atom is 0.180 e. The van der Waals surface area contributed by atoms with Gasteiger partial charge in [0.1, 0.15) is 24.8 Å². The molecule has 0 saturated heterocycles. The van der Waals surface area contributed by atoms with E-state index < -0.39 is 0 Å². The van der Waals surface area contributed by atoms with Gasteiger partial charge < -0.3 is 19.1 Å². The number of rotatable bonds is 13. The van der Waals surface area contributed by atoms with Gasteiger partial charge in [-0.25, -0.2) is 9.97 Å². The van der Waals surface area contributed by atoms with Crippen LogP contribution in [0, 0.1) is 27.7 Å². The molecule has 0 unspecified atom stereocenters. The molecule has 1 aliphatic heterocycles. The Kier molecular flexibility index (Phi) is 10.4. The molecule has 5 aromatic rings. The summed E-state index contributed by atoms with van der Waals surface area (Å²) in [7, 11) is 0. The molecule has 0 N–H and O–H groups in total. The molecule has 0 amide bonds. The summed E-state index contributed by atoms with van der Waals surface area (Å²) in [6.45, 7) is 12.4. The molecule has 6 rings (SSSR count). The largest absolute Gasteiger partial charge is 0.494 e. The van der Waals surface area contributed by atoms with E-state index in [9.17, 15) is 0 Å². The van der Waals surface area contributed by atoms with Gasteiger partial charge in [0.05, 0.1) is 16.4 Å². The molecule has 0 fully saturated rings. The van der Waals surface area contributed by atoms with Crippen molar-refractivity contribution in [1.82, 2.24) is 9.97 Å². The van der Waals surface area contributed by atoms with E-state index in [1.165, 1.54) is 43.2 Å². The Morgan fingerprint density at radius 2 is 1.32 bits per heavy atom. The van der Waals surface area contributed by atoms with E-state index in [4.69, 9.17) is 14.2 Å². The number of aryl methyl sites for hydroxylation is 4. The summed E-state index contributed by atoms with van der Waals surface area (Å²) < 4.78 is 18.5. The lowest BCUT2D eigenvalue weighted by atomic mass is 10.0. The zero-order chi connectivity index (χ0) is 32.8. The van der Waals surface area contributed by atoms with Crippen molar-refractivity contribution in [3.05, 3.63) is 95.6 Å². The molecule has 1 aliphatic rings. The third-order valence-electron chi connectivity index (χ3n) is 8.60. The predicted octanol–water partition coefficient (Wildman–Crippen LogP) is 11.1. The van der Waals surface area contributed by atoms with Crippen LogP contribution in [0.4, 0.5) is 17.1 Å². The number of ether oxygens (including phenoxy) is 3. The highest BCUT2D eigenvalue weighted by atomic mass is 32.1. The van der Waals surface area contributed by atoms with Crippen molar-refractivity contribution >= 4 is 28.4 Å². The Hall–Kier alpha value is -4.36. The highest BCUT2D eigenvalue weighted by molar-refractivity contribution is 7.19. The molecule has 6 nitrogen and oxygen atoms in total. The number of hydrogen-bond acceptors (Lipinski definition) is 7. The summed E-state index contributed by atoms with van der Waals surface area (Å²) in [4.78, 5) is 13.2. The average Bonchev–Trinajstić information content (AvgIpc) is 3.46. The first-order chi connectivity index (χ1) is 22.9. The fourth-order valence-electron chi connectivity index (χ4n) is 6.11. The zero-order valence-corrected chi connectivity index (χ0v) is 29.1. The van der Waals surface area contributed by atoms with Gasteiger partial charge in [-0.2, -0.15) is 0 Å². The lowest BCUT2D eigenvalue weighted by Crippen LogP contribution is -2.15. The second kappa shape index (κ2) is 15.0. The van der Waals surface area contributed by atoms with Gasteiger partial charge in [0.2, 0.25) is 0 Å². The van der Waals surface area contributed by atoms with E-state index in [1.807, 2.05) is 19.3 Å². The van der Waals surface area contributed by atoms with E-state index in [0.717, 1.165) is 79.6 Å². The van der Waals surface area contributed by atoms with Gasteiger partial charge in [0.25, 0.3) is 0 Å². The van der Waals surface area contributed by atoms with Gasteiger partial charge >= 0.3 is 0 Å². The third kappa shape index (κ3) is 7.46. The van der Waals surface area contributed by atoms with Gasteiger partial charge in [0.15, 0.2) is 11.5 Å². The van der Waals surface area contributed by atoms with Crippen LogP contribution in [0.25, 0.3) is 20.9 Å². The van der Waals surface area contributed by atoms with Crippen LogP contribution in [0.1, 0.15) is 68.0 Å². The summed E-state index contributed by atoms with van der Waals surface area (Å²) in [6.07, 6.45) is 11.2. The molecule has 47 heavy (non-hydrogen) atoms. The van der Waals surface area contributed by atoms with Crippen LogP contribution in [0.5, 0.6) is 17.2 Å². The summed E-state index contributed by atoms with van der Waals surface area (Å²) in [5.41, 5.74) is 9.01. The SMILES string of the molecule is CCCCCCCCOc1ccc(N(c2ccc(-c3sc(-c4cnc(C)nc4)c4c3OCCO4)cc2)c2ccc(C)cc2C)c(C)c1. The molecule has 0 saturated carbocycles. The average molecular weight is 648 g/mol. The number of thiophene rings is 1. The van der Waals surface area contributed by atoms with Crippen LogP contribution in [0.3, 0.4) is 0 Å². The second-order valence-electron chi connectivity index (χ2n) is 12.4. The first kappa shape index (κ1) is 32.6. The first-order valence-corrected chi connectivity index (χ1v) is 17.7. The number of anilines is 3. The minimum atomic E-state index is 0.523. The van der Waals surface area contributed by atoms with Crippen LogP contribution in [0.2, 0.25) is 0 Å². The van der Waals surface area contributed by atoms with E-state index in [0.29, 0.717) is 13.2 Å². The van der Waals surface area contributed by atoms with E-state index in [-0.39, 0.29) is 0 Å². The number of fused-ring (bicyclic) bond motifs is 1. The smallest absolute Gasteiger partial charge is 0.180 e. The highest BCUT2D eigenvalue weighted by Crippen LogP contribution is 2.53. The number of hydrogen-bond donors (Lipinski definition) is 0. The lowest BCUT2D eigenvalue weighted by Gasteiger charge is -2.29. The zero-order valence-electron chi connectivity index (χ0n) is 28.3. The number of unbranched alkanes of at least 4 members (excludes halogenated alkanes) is 5. The molecule has 0 radical (unpaired) electrons. The molecule has 0 aliphatic carbocycles. The van der Waals surface area contributed by atoms with Crippen LogP contribution in [0.15, 0.2) is 73.1 Å². The predicted molar refractivity (Wildman–Crippen MR) is 194 cm³/mol. The Bertz CT molecular complexity index is 1800. The van der Waals surface area contributed by atoms with E-state index >= 15 is 0 Å². The number of benzene rings is 3. The van der Waals surface area contributed by atoms with Crippen molar-refractivity contribution in [2.45, 2.75) is 73.1 Å². The topological polar surface area (TPSA) is 56.7 Å². The molecule has 7 heteroatoms. The molecular weight excluding hydrogens is 603 g/mol. The second-order valence-corrected chi connectivity index (χ2v) is 13.4. The molecule has 3 heterocycles. The minimum Gasteiger partial charge on any atom is -0.494 e. The van der Waals surface area contributed by atoms with Crippen LogP contribution >= 0.6 is 11.3 Å². The third-order valence-corrected chi connectivity index (χ3v) is 9.85. The molecule has 0 atom stereocenters. The quantitative estimate of drug-likeness (QED) is 0.119. The molecule has 244 valence electrons. The van der Waals surface area contributed by atoms with Crippen molar-refractivity contribution in [3.8, 4) is 38.1 Å². The fraction of sp³-hybridized carbons (Fsp3) is 0.350. The summed E-state index contributed by atoms with van der Waals surface area (Å²) >= 11 is 1.66. The Morgan fingerprint density at radius 1 is 0.702 bits per heavy atom. The van der Waals surface area contributed by atoms with E-state index in [2.05, 4.69) is 103 Å². The van der Waals surface area contributed by atoms with Gasteiger partial charge in [-0.05, 0) is 87.2 Å². The summed E-state index contributed by atoms with van der Waals surface area (Å²) in [5.74, 6) is 3.24. The van der Waals surface area contributed by atoms with Gasteiger partial charge in [-0.15, -0.1) is 11.3 Å². The molecule has 3 aromatic carbocycles. The van der Waals surface area contributed by atoms with Gasteiger partial charge in [-0.1, -0.05) is 68.9 Å². The van der Waals surface area contributed by atoms with Crippen LogP contribution in [-0.2, 0) is 0 Å². The van der Waals surface area contributed by atoms with Crippen molar-refractivity contribution in [2.24, 2.45) is 0 Å². The highest BCUT2D eigenvalue weighted by Gasteiger charge is 2.27. The minimum absolute atomic E-state index is 0.523. The normalized spacial score (nSPS) is 12.3. The van der Waals surface area contributed by atoms with Gasteiger partial charge in [0, 0.05) is 35.0 Å². The summed E-state index contributed by atoms with van der Waals surface area (Å²) in [5, 5.41) is 0. The molecule has 2 aromatic heterocycles. The maximum absolute atomic E-state index is 6.18. The molecular formula is C40H45N3O3S. The van der Waals surface area contributed by atoms with Crippen LogP contribution < -0.4 is 19.1 Å². The van der Waals surface area contributed by atoms with Crippen molar-refractivity contribution in [3.63, 3.8) is 0 Å². The maximum atomic E-state index is 6.18. The van der Waals surface area contributed by atoms with Crippen LogP contribution in [-0.4, -0.2) is 29.8 Å². The number of aromatic nitrogens is 2. The summed E-state index contributed by atoms with van der Waals surface area (Å²) in [6, 6.07) is 21.9. The Balaban J connectivity index is 1.30. The monoisotopic (exact) mass is 647 g/mol. The van der Waals surface area contributed by atoms with Crippen molar-refractivity contribution in [1.29, 1.82) is 0 Å².